The van der Waals surface area contributed by atoms with Gasteiger partial charge in [-0.15, -0.1) is 0 Å². The van der Waals surface area contributed by atoms with Crippen LogP contribution >= 0.6 is 11.6 Å². The van der Waals surface area contributed by atoms with Crippen LogP contribution in [0.1, 0.15) is 39.2 Å². The highest BCUT2D eigenvalue weighted by Gasteiger charge is 2.19. The van der Waals surface area contributed by atoms with E-state index in [1.54, 1.807) is 7.11 Å². The average Bonchev–Trinajstić information content (AvgIpc) is 2.39. The Morgan fingerprint density at radius 3 is 2.42 bits per heavy atom. The van der Waals surface area contributed by atoms with E-state index in [1.165, 1.54) is 5.56 Å². The summed E-state index contributed by atoms with van der Waals surface area (Å²) in [4.78, 5) is 0. The topological polar surface area (TPSA) is 21.3 Å². The van der Waals surface area contributed by atoms with E-state index >= 15 is 0 Å². The molecule has 0 fully saturated rings. The molecule has 0 amide bonds. The molecule has 0 aliphatic rings. The van der Waals surface area contributed by atoms with E-state index in [-0.39, 0.29) is 5.60 Å². The molecule has 0 radical (unpaired) electrons. The third-order valence-electron chi connectivity index (χ3n) is 3.54. The predicted molar refractivity (Wildman–Crippen MR) is 82.9 cm³/mol. The van der Waals surface area contributed by atoms with Gasteiger partial charge in [0.1, 0.15) is 0 Å². The molecular formula is C16H26ClNO. The Bertz CT molecular complexity index is 362. The van der Waals surface area contributed by atoms with Gasteiger partial charge in [0, 0.05) is 18.2 Å². The number of hydrogen-bond acceptors (Lipinski definition) is 2. The monoisotopic (exact) mass is 283 g/mol. The lowest BCUT2D eigenvalue weighted by atomic mass is 9.95. The van der Waals surface area contributed by atoms with Crippen LogP contribution in [0.5, 0.6) is 0 Å². The van der Waals surface area contributed by atoms with Crippen LogP contribution in [0, 0.1) is 0 Å². The lowest BCUT2D eigenvalue weighted by Gasteiger charge is -2.26. The number of halogens is 1. The van der Waals surface area contributed by atoms with Crippen molar-refractivity contribution in [2.45, 2.75) is 51.7 Å². The minimum absolute atomic E-state index is 0.0479. The van der Waals surface area contributed by atoms with Gasteiger partial charge in [-0.05, 0) is 57.4 Å². The van der Waals surface area contributed by atoms with E-state index in [0.717, 1.165) is 30.8 Å². The molecule has 1 rings (SSSR count). The van der Waals surface area contributed by atoms with Gasteiger partial charge < -0.3 is 10.1 Å². The first kappa shape index (κ1) is 16.5. The number of ether oxygens (including phenoxy) is 1. The van der Waals surface area contributed by atoms with Crippen LogP contribution in [0.3, 0.4) is 0 Å². The van der Waals surface area contributed by atoms with Gasteiger partial charge in [-0.25, -0.2) is 0 Å². The zero-order valence-electron chi connectivity index (χ0n) is 12.5. The summed E-state index contributed by atoms with van der Waals surface area (Å²) >= 11 is 5.92. The van der Waals surface area contributed by atoms with Crippen molar-refractivity contribution in [3.63, 3.8) is 0 Å². The first-order valence-electron chi connectivity index (χ1n) is 7.00. The maximum atomic E-state index is 5.92. The second-order valence-corrected chi connectivity index (χ2v) is 6.02. The molecule has 19 heavy (non-hydrogen) atoms. The van der Waals surface area contributed by atoms with Crippen molar-refractivity contribution in [1.82, 2.24) is 5.32 Å². The SMILES string of the molecule is CCNC(CCC(C)(C)OC)Cc1ccc(Cl)cc1. The summed E-state index contributed by atoms with van der Waals surface area (Å²) in [6.07, 6.45) is 3.19. The van der Waals surface area contributed by atoms with Crippen LogP contribution in [-0.4, -0.2) is 25.3 Å². The Morgan fingerprint density at radius 2 is 1.89 bits per heavy atom. The van der Waals surface area contributed by atoms with Crippen molar-refractivity contribution < 1.29 is 4.74 Å². The summed E-state index contributed by atoms with van der Waals surface area (Å²) in [6.45, 7) is 7.42. The van der Waals surface area contributed by atoms with Gasteiger partial charge in [0.2, 0.25) is 0 Å². The molecule has 0 aliphatic carbocycles. The Labute approximate surface area is 122 Å². The van der Waals surface area contributed by atoms with Crippen molar-refractivity contribution in [3.05, 3.63) is 34.9 Å². The summed E-state index contributed by atoms with van der Waals surface area (Å²) in [5.41, 5.74) is 1.28. The molecule has 1 unspecified atom stereocenters. The molecule has 0 aliphatic heterocycles. The van der Waals surface area contributed by atoms with Crippen LogP contribution < -0.4 is 5.32 Å². The van der Waals surface area contributed by atoms with Gasteiger partial charge in [-0.3, -0.25) is 0 Å². The molecule has 0 aromatic heterocycles. The van der Waals surface area contributed by atoms with E-state index in [4.69, 9.17) is 16.3 Å². The molecule has 0 spiro atoms. The Hall–Kier alpha value is -0.570. The van der Waals surface area contributed by atoms with Crippen molar-refractivity contribution in [2.24, 2.45) is 0 Å². The third-order valence-corrected chi connectivity index (χ3v) is 3.79. The molecule has 0 saturated carbocycles. The van der Waals surface area contributed by atoms with E-state index in [1.807, 2.05) is 12.1 Å². The molecule has 1 N–H and O–H groups in total. The highest BCUT2D eigenvalue weighted by atomic mass is 35.5. The molecule has 0 bridgehead atoms. The van der Waals surface area contributed by atoms with Crippen LogP contribution in [0.4, 0.5) is 0 Å². The van der Waals surface area contributed by atoms with E-state index < -0.39 is 0 Å². The summed E-state index contributed by atoms with van der Waals surface area (Å²) in [7, 11) is 1.78. The molecule has 108 valence electrons. The third kappa shape index (κ3) is 6.42. The standard InChI is InChI=1S/C16H26ClNO/c1-5-18-15(10-11-16(2,3)19-4)12-13-6-8-14(17)9-7-13/h6-9,15,18H,5,10-12H2,1-4H3. The van der Waals surface area contributed by atoms with Gasteiger partial charge in [-0.1, -0.05) is 30.7 Å². The highest BCUT2D eigenvalue weighted by Crippen LogP contribution is 2.19. The summed E-state index contributed by atoms with van der Waals surface area (Å²) in [5, 5.41) is 4.35. The normalized spacial score (nSPS) is 13.5. The molecule has 0 saturated heterocycles. The number of hydrogen-bond donors (Lipinski definition) is 1. The smallest absolute Gasteiger partial charge is 0.0623 e. The van der Waals surface area contributed by atoms with Crippen molar-refractivity contribution in [1.29, 1.82) is 0 Å². The largest absolute Gasteiger partial charge is 0.379 e. The Balaban J connectivity index is 2.55. The molecular weight excluding hydrogens is 258 g/mol. The molecule has 2 nitrogen and oxygen atoms in total. The second kappa shape index (κ2) is 7.88. The quantitative estimate of drug-likeness (QED) is 0.777. The molecule has 1 atom stereocenters. The fourth-order valence-electron chi connectivity index (χ4n) is 2.09. The van der Waals surface area contributed by atoms with E-state index in [2.05, 4.69) is 38.2 Å². The number of likely N-dealkylation sites (N-methyl/N-ethyl adjacent to an activating group) is 1. The number of benzene rings is 1. The molecule has 1 aromatic carbocycles. The summed E-state index contributed by atoms with van der Waals surface area (Å²) < 4.78 is 5.49. The van der Waals surface area contributed by atoms with Crippen molar-refractivity contribution in [2.75, 3.05) is 13.7 Å². The first-order valence-corrected chi connectivity index (χ1v) is 7.37. The molecule has 3 heteroatoms. The number of rotatable bonds is 8. The van der Waals surface area contributed by atoms with E-state index in [0.29, 0.717) is 6.04 Å². The zero-order chi connectivity index (χ0) is 14.3. The van der Waals surface area contributed by atoms with Gasteiger partial charge >= 0.3 is 0 Å². The van der Waals surface area contributed by atoms with E-state index in [9.17, 15) is 0 Å². The molecule has 1 aromatic rings. The Kier molecular flexibility index (Phi) is 6.84. The lowest BCUT2D eigenvalue weighted by Crippen LogP contribution is -2.34. The summed E-state index contributed by atoms with van der Waals surface area (Å²) in [5.74, 6) is 0. The minimum Gasteiger partial charge on any atom is -0.379 e. The first-order chi connectivity index (χ1) is 8.96. The number of nitrogens with one attached hydrogen (secondary N) is 1. The van der Waals surface area contributed by atoms with Crippen LogP contribution in [0.2, 0.25) is 5.02 Å². The maximum Gasteiger partial charge on any atom is 0.0623 e. The van der Waals surface area contributed by atoms with Gasteiger partial charge in [0.25, 0.3) is 0 Å². The van der Waals surface area contributed by atoms with Gasteiger partial charge in [0.15, 0.2) is 0 Å². The Morgan fingerprint density at radius 1 is 1.26 bits per heavy atom. The maximum absolute atomic E-state index is 5.92. The fraction of sp³-hybridized carbons (Fsp3) is 0.625. The van der Waals surface area contributed by atoms with Gasteiger partial charge in [0.05, 0.1) is 5.60 Å². The molecule has 0 heterocycles. The summed E-state index contributed by atoms with van der Waals surface area (Å²) in [6, 6.07) is 8.61. The van der Waals surface area contributed by atoms with Crippen LogP contribution in [-0.2, 0) is 11.2 Å². The predicted octanol–water partition coefficient (Wildman–Crippen LogP) is 4.07. The van der Waals surface area contributed by atoms with Gasteiger partial charge in [-0.2, -0.15) is 0 Å². The average molecular weight is 284 g/mol. The van der Waals surface area contributed by atoms with Crippen molar-refractivity contribution in [3.8, 4) is 0 Å². The highest BCUT2D eigenvalue weighted by molar-refractivity contribution is 6.30. The number of methoxy groups -OCH3 is 1. The van der Waals surface area contributed by atoms with Crippen LogP contribution in [0.15, 0.2) is 24.3 Å². The zero-order valence-corrected chi connectivity index (χ0v) is 13.3. The fourth-order valence-corrected chi connectivity index (χ4v) is 2.22. The minimum atomic E-state index is -0.0479. The van der Waals surface area contributed by atoms with Crippen molar-refractivity contribution >= 4 is 11.6 Å². The van der Waals surface area contributed by atoms with Crippen LogP contribution in [0.25, 0.3) is 0 Å². The lowest BCUT2D eigenvalue weighted by molar-refractivity contribution is 0.0117. The second-order valence-electron chi connectivity index (χ2n) is 5.59.